The van der Waals surface area contributed by atoms with Gasteiger partial charge < -0.3 is 14.4 Å². The van der Waals surface area contributed by atoms with Crippen LogP contribution in [0.15, 0.2) is 229 Å². The summed E-state index contributed by atoms with van der Waals surface area (Å²) in [6, 6.07) is 57.3. The lowest BCUT2D eigenvalue weighted by molar-refractivity contribution is 0.359. The third kappa shape index (κ3) is 5.67. The molecule has 13 rings (SSSR count). The highest BCUT2D eigenvalue weighted by Gasteiger charge is 2.57. The summed E-state index contributed by atoms with van der Waals surface area (Å²) in [4.78, 5) is 2.42. The Morgan fingerprint density at radius 3 is 2.16 bits per heavy atom. The number of benzene rings is 7. The quantitative estimate of drug-likeness (QED) is 0.167. The molecule has 0 fully saturated rings. The minimum absolute atomic E-state index is 0.245. The molecule has 1 aliphatic heterocycles. The van der Waals surface area contributed by atoms with Gasteiger partial charge >= 0.3 is 0 Å². The second-order valence-corrected chi connectivity index (χ2v) is 17.7. The van der Waals surface area contributed by atoms with Gasteiger partial charge in [0.1, 0.15) is 0 Å². The minimum Gasteiger partial charge on any atom is -0.449 e. The van der Waals surface area contributed by atoms with E-state index in [4.69, 9.17) is 9.47 Å². The minimum atomic E-state index is -0.344. The Bertz CT molecular complexity index is 3230. The van der Waals surface area contributed by atoms with Gasteiger partial charge in [-0.15, -0.1) is 0 Å². The van der Waals surface area contributed by atoms with Crippen LogP contribution in [0.4, 0.5) is 11.4 Å². The van der Waals surface area contributed by atoms with Crippen LogP contribution in [0.2, 0.25) is 0 Å². The van der Waals surface area contributed by atoms with Gasteiger partial charge in [0.15, 0.2) is 23.0 Å². The van der Waals surface area contributed by atoms with E-state index in [0.29, 0.717) is 5.92 Å². The maximum absolute atomic E-state index is 7.09. The molecule has 64 heavy (non-hydrogen) atoms. The zero-order chi connectivity index (χ0) is 42.2. The smallest absolute Gasteiger partial charge is 0.177 e. The molecule has 5 aliphatic carbocycles. The molecule has 1 spiro atoms. The van der Waals surface area contributed by atoms with Crippen molar-refractivity contribution in [3.05, 3.63) is 252 Å². The molecule has 7 aromatic carbocycles. The fourth-order valence-corrected chi connectivity index (χ4v) is 11.6. The Kier molecular flexibility index (Phi) is 8.52. The van der Waals surface area contributed by atoms with Crippen molar-refractivity contribution in [1.29, 1.82) is 0 Å². The Morgan fingerprint density at radius 1 is 0.500 bits per heavy atom. The lowest BCUT2D eigenvalue weighted by atomic mass is 9.65. The van der Waals surface area contributed by atoms with Crippen LogP contribution in [0, 0.1) is 5.92 Å². The monoisotopic (exact) mass is 823 g/mol. The van der Waals surface area contributed by atoms with Crippen molar-refractivity contribution < 1.29 is 9.47 Å². The summed E-state index contributed by atoms with van der Waals surface area (Å²) in [6.45, 7) is 0. The number of para-hydroxylation sites is 1. The zero-order valence-corrected chi connectivity index (χ0v) is 35.5. The molecule has 3 nitrogen and oxygen atoms in total. The fraction of sp³-hybridized carbons (Fsp3) is 0.115. The molecule has 7 aromatic rings. The Labute approximate surface area is 375 Å². The van der Waals surface area contributed by atoms with Gasteiger partial charge in [-0.3, -0.25) is 0 Å². The molecule has 6 aliphatic rings. The average molecular weight is 824 g/mol. The van der Waals surface area contributed by atoms with Crippen molar-refractivity contribution >= 4 is 11.4 Å². The Balaban J connectivity index is 0.888. The molecule has 0 aromatic heterocycles. The average Bonchev–Trinajstić information content (AvgIpc) is 3.83. The molecule has 0 saturated heterocycles. The lowest BCUT2D eigenvalue weighted by Gasteiger charge is -2.36. The first-order valence-corrected chi connectivity index (χ1v) is 22.8. The zero-order valence-electron chi connectivity index (χ0n) is 35.5. The summed E-state index contributed by atoms with van der Waals surface area (Å²) in [7, 11) is 0. The first kappa shape index (κ1) is 37.0. The molecule has 0 saturated carbocycles. The number of fused-ring (bicyclic) bond motifs is 12. The number of ether oxygens (including phenoxy) is 2. The highest BCUT2D eigenvalue weighted by atomic mass is 16.6. The Hall–Kier alpha value is -7.62. The predicted octanol–water partition coefficient (Wildman–Crippen LogP) is 16.1. The van der Waals surface area contributed by atoms with Gasteiger partial charge in [-0.25, -0.2) is 0 Å². The maximum Gasteiger partial charge on any atom is 0.177 e. The van der Waals surface area contributed by atoms with Gasteiger partial charge in [0, 0.05) is 34.5 Å². The summed E-state index contributed by atoms with van der Waals surface area (Å²) in [6.07, 6.45) is 25.1. The molecular weight excluding hydrogens is 779 g/mol. The second kappa shape index (κ2) is 14.7. The van der Waals surface area contributed by atoms with E-state index >= 15 is 0 Å². The van der Waals surface area contributed by atoms with E-state index in [-0.39, 0.29) is 11.3 Å². The predicted molar refractivity (Wildman–Crippen MR) is 261 cm³/mol. The van der Waals surface area contributed by atoms with Gasteiger partial charge in [0.2, 0.25) is 0 Å². The van der Waals surface area contributed by atoms with Crippen LogP contribution in [0.5, 0.6) is 23.0 Å². The van der Waals surface area contributed by atoms with E-state index in [1.165, 1.54) is 61.4 Å². The molecule has 0 amide bonds. The van der Waals surface area contributed by atoms with Gasteiger partial charge in [0.05, 0.1) is 5.41 Å². The van der Waals surface area contributed by atoms with Crippen molar-refractivity contribution in [3.63, 3.8) is 0 Å². The maximum atomic E-state index is 7.09. The van der Waals surface area contributed by atoms with Crippen LogP contribution in [0.3, 0.4) is 0 Å². The fourth-order valence-electron chi connectivity index (χ4n) is 11.6. The second-order valence-electron chi connectivity index (χ2n) is 17.7. The molecule has 1 heterocycles. The van der Waals surface area contributed by atoms with Gasteiger partial charge in [-0.05, 0) is 135 Å². The van der Waals surface area contributed by atoms with E-state index in [1.54, 1.807) is 0 Å². The van der Waals surface area contributed by atoms with Crippen LogP contribution in [-0.2, 0) is 5.41 Å². The van der Waals surface area contributed by atoms with E-state index in [0.717, 1.165) is 71.2 Å². The van der Waals surface area contributed by atoms with Crippen LogP contribution < -0.4 is 14.4 Å². The molecule has 3 heteroatoms. The topological polar surface area (TPSA) is 21.7 Å². The Morgan fingerprint density at radius 2 is 1.27 bits per heavy atom. The van der Waals surface area contributed by atoms with Crippen molar-refractivity contribution in [2.75, 3.05) is 4.90 Å². The van der Waals surface area contributed by atoms with Gasteiger partial charge in [0.25, 0.3) is 0 Å². The van der Waals surface area contributed by atoms with Gasteiger partial charge in [-0.2, -0.15) is 0 Å². The van der Waals surface area contributed by atoms with Crippen molar-refractivity contribution in [2.45, 2.75) is 37.0 Å². The summed E-state index contributed by atoms with van der Waals surface area (Å²) in [5, 5.41) is 0. The molecule has 0 N–H and O–H groups in total. The van der Waals surface area contributed by atoms with Crippen LogP contribution in [-0.4, -0.2) is 0 Å². The third-order valence-electron chi connectivity index (χ3n) is 14.4. The molecule has 0 radical (unpaired) electrons. The molecule has 2 unspecified atom stereocenters. The number of rotatable bonds is 6. The van der Waals surface area contributed by atoms with Crippen LogP contribution in [0.25, 0.3) is 33.4 Å². The largest absolute Gasteiger partial charge is 0.449 e. The molecular formula is C61H45NO2. The first-order valence-electron chi connectivity index (χ1n) is 22.8. The van der Waals surface area contributed by atoms with Crippen LogP contribution in [0.1, 0.15) is 53.9 Å². The van der Waals surface area contributed by atoms with E-state index in [1.807, 2.05) is 6.07 Å². The number of hydrogen-bond donors (Lipinski definition) is 0. The normalized spacial score (nSPS) is 20.3. The summed E-state index contributed by atoms with van der Waals surface area (Å²) < 4.78 is 13.9. The van der Waals surface area contributed by atoms with Crippen LogP contribution >= 0.6 is 0 Å². The van der Waals surface area contributed by atoms with E-state index in [2.05, 4.69) is 211 Å². The standard InChI is InChI=1S/C61H45NO2/c1-3-16-40(17-4-1)43-20-13-22-46(36-43)62(47-23-14-21-44(37-47)41-18-5-2-6-19-41)45-34-32-42(33-35-45)48-27-15-31-57-60(48)64-59-39-56-52(38-58(59)63-57)51-26-9-12-30-55(51)61(56)53-28-10-7-24-49(53)50-25-8-11-29-54(50)61/h1-5,7-13,15-18,20,22-39,49,53H,6,14,19,21H2/t49-,53?,61?/m1/s1. The summed E-state index contributed by atoms with van der Waals surface area (Å²) in [5.41, 5.74) is 18.3. The van der Waals surface area contributed by atoms with E-state index < -0.39 is 0 Å². The number of nitrogens with zero attached hydrogens (tertiary/aromatic N) is 1. The SMILES string of the molecule is C1=CCCC(C2=CC(N(c3ccc(-c4cccc5c4Oc4cc6c(cc4O5)-c4ccccc4C64c5ccccc5[C@H]5C=CC=CC54)cc3)c3cccc(-c4ccccc4)c3)=CCC2)=C1. The summed E-state index contributed by atoms with van der Waals surface area (Å²) in [5.74, 6) is 3.49. The summed E-state index contributed by atoms with van der Waals surface area (Å²) >= 11 is 0. The van der Waals surface area contributed by atoms with Crippen molar-refractivity contribution in [3.8, 4) is 56.4 Å². The van der Waals surface area contributed by atoms with Crippen molar-refractivity contribution in [2.24, 2.45) is 5.92 Å². The first-order chi connectivity index (χ1) is 31.7. The number of hydrogen-bond acceptors (Lipinski definition) is 3. The molecule has 0 bridgehead atoms. The lowest BCUT2D eigenvalue weighted by Crippen LogP contribution is -2.33. The third-order valence-corrected chi connectivity index (χ3v) is 14.4. The molecule has 306 valence electrons. The molecule has 3 atom stereocenters. The van der Waals surface area contributed by atoms with E-state index in [9.17, 15) is 0 Å². The van der Waals surface area contributed by atoms with Crippen molar-refractivity contribution in [1.82, 2.24) is 0 Å². The van der Waals surface area contributed by atoms with Gasteiger partial charge in [-0.1, -0.05) is 164 Å². The number of anilines is 2. The highest BCUT2D eigenvalue weighted by molar-refractivity contribution is 5.89. The number of allylic oxidation sites excluding steroid dienone is 11. The highest BCUT2D eigenvalue weighted by Crippen LogP contribution is 2.67.